The van der Waals surface area contributed by atoms with E-state index in [0.717, 1.165) is 78.1 Å². The fourth-order valence-electron chi connectivity index (χ4n) is 6.98. The Labute approximate surface area is 296 Å². The van der Waals surface area contributed by atoms with Crippen LogP contribution in [0.1, 0.15) is 37.6 Å². The number of benzene rings is 3. The van der Waals surface area contributed by atoms with Gasteiger partial charge >= 0.3 is 11.6 Å². The van der Waals surface area contributed by atoms with E-state index in [2.05, 4.69) is 35.4 Å². The highest BCUT2D eigenvalue weighted by atomic mass is 19.3. The molecule has 3 aromatic carbocycles. The average molecular weight is 709 g/mol. The molecule has 1 saturated heterocycles. The van der Waals surface area contributed by atoms with Crippen LogP contribution in [0.3, 0.4) is 0 Å². The molecule has 8 rings (SSSR count). The Hall–Kier alpha value is -5.83. The first kappa shape index (κ1) is 33.3. The number of pyridine rings is 1. The summed E-state index contributed by atoms with van der Waals surface area (Å²) < 4.78 is 50.5. The third kappa shape index (κ3) is 5.52. The van der Waals surface area contributed by atoms with E-state index in [9.17, 15) is 14.3 Å². The number of aromatic nitrogens is 8. The topological polar surface area (TPSA) is 123 Å². The van der Waals surface area contributed by atoms with Crippen molar-refractivity contribution < 1.29 is 18.3 Å². The molecule has 52 heavy (non-hydrogen) atoms. The lowest BCUT2D eigenvalue weighted by Gasteiger charge is -2.39. The molecule has 0 spiro atoms. The predicted molar refractivity (Wildman–Crippen MR) is 188 cm³/mol. The molecule has 1 unspecified atom stereocenters. The minimum Gasteiger partial charge on any atom is -0.377 e. The molecule has 15 heteroatoms. The van der Waals surface area contributed by atoms with E-state index in [0.29, 0.717) is 5.56 Å². The van der Waals surface area contributed by atoms with Gasteiger partial charge in [0.2, 0.25) is 0 Å². The van der Waals surface area contributed by atoms with Crippen LogP contribution < -0.4 is 15.5 Å². The molecule has 266 valence electrons. The van der Waals surface area contributed by atoms with Gasteiger partial charge in [0, 0.05) is 60.4 Å². The quantitative estimate of drug-likeness (QED) is 0.228. The Morgan fingerprint density at radius 2 is 1.52 bits per heavy atom. The zero-order valence-electron chi connectivity index (χ0n) is 28.4. The predicted octanol–water partition coefficient (Wildman–Crippen LogP) is 5.18. The summed E-state index contributed by atoms with van der Waals surface area (Å²) in [6, 6.07) is 21.8. The first-order chi connectivity index (χ1) is 25.1. The molecule has 6 aromatic rings. The molecule has 2 atom stereocenters. The third-order valence-electron chi connectivity index (χ3n) is 10.2. The van der Waals surface area contributed by atoms with Crippen LogP contribution in [0.2, 0.25) is 0 Å². The summed E-state index contributed by atoms with van der Waals surface area (Å²) in [4.78, 5) is 21.5. The van der Waals surface area contributed by atoms with Crippen molar-refractivity contribution >= 4 is 11.4 Å². The highest BCUT2D eigenvalue weighted by Gasteiger charge is 2.59. The molecule has 12 nitrogen and oxygen atoms in total. The molecule has 0 saturated carbocycles. The lowest BCUT2D eigenvalue weighted by atomic mass is 9.80. The monoisotopic (exact) mass is 708 g/mol. The minimum absolute atomic E-state index is 0.00790. The van der Waals surface area contributed by atoms with E-state index in [4.69, 9.17) is 0 Å². The second-order valence-corrected chi connectivity index (χ2v) is 13.2. The van der Waals surface area contributed by atoms with Crippen molar-refractivity contribution in [1.29, 1.82) is 0 Å². The Balaban J connectivity index is 0.924. The molecular formula is C37H35F3N10O2. The van der Waals surface area contributed by atoms with Crippen molar-refractivity contribution in [3.63, 3.8) is 0 Å². The number of fused-ring (bicyclic) bond motifs is 3. The second kappa shape index (κ2) is 12.7. The van der Waals surface area contributed by atoms with Crippen molar-refractivity contribution in [2.75, 3.05) is 36.0 Å². The van der Waals surface area contributed by atoms with Gasteiger partial charge in [-0.2, -0.15) is 13.9 Å². The van der Waals surface area contributed by atoms with Gasteiger partial charge in [-0.3, -0.25) is 4.98 Å². The number of halogens is 3. The number of hydrogen-bond acceptors (Lipinski definition) is 9. The maximum atomic E-state index is 16.2. The van der Waals surface area contributed by atoms with Crippen LogP contribution in [0.4, 0.5) is 24.5 Å². The van der Waals surface area contributed by atoms with Crippen LogP contribution in [0.15, 0.2) is 96.2 Å². The number of rotatable bonds is 8. The average Bonchev–Trinajstić information content (AvgIpc) is 3.81. The van der Waals surface area contributed by atoms with E-state index in [-0.39, 0.29) is 28.7 Å². The number of nitrogens with zero attached hydrogens (tertiary/aromatic N) is 10. The van der Waals surface area contributed by atoms with Crippen LogP contribution in [-0.2, 0) is 18.1 Å². The molecular weight excluding hydrogens is 673 g/mol. The molecule has 1 N–H and O–H groups in total. The van der Waals surface area contributed by atoms with Crippen LogP contribution in [0.25, 0.3) is 28.2 Å². The molecule has 0 aliphatic carbocycles. The van der Waals surface area contributed by atoms with Crippen LogP contribution >= 0.6 is 0 Å². The molecule has 1 fully saturated rings. The van der Waals surface area contributed by atoms with Crippen LogP contribution in [0.5, 0.6) is 0 Å². The van der Waals surface area contributed by atoms with Gasteiger partial charge in [-0.1, -0.05) is 31.2 Å². The van der Waals surface area contributed by atoms with Gasteiger partial charge in [-0.25, -0.2) is 23.1 Å². The largest absolute Gasteiger partial charge is 0.377 e. The highest BCUT2D eigenvalue weighted by molar-refractivity contribution is 5.67. The molecule has 5 heterocycles. The van der Waals surface area contributed by atoms with Gasteiger partial charge < -0.3 is 14.9 Å². The van der Waals surface area contributed by atoms with E-state index in [1.165, 1.54) is 16.9 Å². The van der Waals surface area contributed by atoms with Gasteiger partial charge in [0.15, 0.2) is 11.4 Å². The van der Waals surface area contributed by atoms with Crippen molar-refractivity contribution in [3.8, 4) is 28.2 Å². The summed E-state index contributed by atoms with van der Waals surface area (Å²) in [5.74, 6) is -4.44. The van der Waals surface area contributed by atoms with E-state index >= 15 is 8.78 Å². The standard InChI is InChI=1S/C37H35F3N10O2/c1-3-24(2)50-35(51)48(23-42-50)30-12-10-29(11-13-30)47-18-16-46(17-19-47)28-8-4-25(5-9-28)26-6-15-33(41-21-26)37(39,40)36(52)22-49-34(43-44-45-49)31-20-27(38)7-14-32(31)36/h4-15,20-21,23-24,52H,3,16-19,22H2,1-2H3/t24?,36-/m0/s1. The number of piperazine rings is 1. The lowest BCUT2D eigenvalue weighted by Crippen LogP contribution is -2.49. The molecule has 2 aliphatic heterocycles. The number of tetrazole rings is 1. The minimum atomic E-state index is -3.87. The van der Waals surface area contributed by atoms with Crippen molar-refractivity contribution in [1.82, 2.24) is 39.5 Å². The molecule has 0 bridgehead atoms. The maximum absolute atomic E-state index is 16.2. The summed E-state index contributed by atoms with van der Waals surface area (Å²) in [7, 11) is 0. The van der Waals surface area contributed by atoms with E-state index < -0.39 is 29.6 Å². The van der Waals surface area contributed by atoms with Gasteiger partial charge in [-0.05, 0) is 83.9 Å². The van der Waals surface area contributed by atoms with E-state index in [1.54, 1.807) is 17.0 Å². The molecule has 0 radical (unpaired) electrons. The highest BCUT2D eigenvalue weighted by Crippen LogP contribution is 2.50. The van der Waals surface area contributed by atoms with Gasteiger partial charge in [-0.15, -0.1) is 5.10 Å². The van der Waals surface area contributed by atoms with Crippen molar-refractivity contribution in [3.05, 3.63) is 119 Å². The van der Waals surface area contributed by atoms with Gasteiger partial charge in [0.05, 0.1) is 18.3 Å². The molecule has 2 aliphatic rings. The number of aliphatic hydroxyl groups is 1. The van der Waals surface area contributed by atoms with Crippen LogP contribution in [0, 0.1) is 5.82 Å². The Bertz CT molecular complexity index is 2280. The zero-order valence-corrected chi connectivity index (χ0v) is 28.4. The Morgan fingerprint density at radius 1 is 0.885 bits per heavy atom. The Morgan fingerprint density at radius 3 is 2.15 bits per heavy atom. The number of hydrogen-bond donors (Lipinski definition) is 1. The summed E-state index contributed by atoms with van der Waals surface area (Å²) in [6.07, 6.45) is 3.75. The zero-order chi connectivity index (χ0) is 36.2. The maximum Gasteiger partial charge on any atom is 0.350 e. The summed E-state index contributed by atoms with van der Waals surface area (Å²) in [5.41, 5.74) is 0.580. The normalized spacial score (nSPS) is 17.9. The summed E-state index contributed by atoms with van der Waals surface area (Å²) in [6.45, 7) is 6.60. The SMILES string of the molecule is CCC(C)n1ncn(-c2ccc(N3CCN(c4ccc(-c5ccc(C(F)(F)[C@]6(O)Cn7nnnc7-c7cc(F)ccc76)nc5)cc4)CC3)cc2)c1=O. The first-order valence-electron chi connectivity index (χ1n) is 17.1. The molecule has 3 aromatic heterocycles. The van der Waals surface area contributed by atoms with Crippen LogP contribution in [-0.4, -0.2) is 70.8 Å². The first-order valence-corrected chi connectivity index (χ1v) is 17.1. The van der Waals surface area contributed by atoms with Crippen molar-refractivity contribution in [2.24, 2.45) is 0 Å². The van der Waals surface area contributed by atoms with E-state index in [1.807, 2.05) is 62.4 Å². The summed E-state index contributed by atoms with van der Waals surface area (Å²) in [5, 5.41) is 26.9. The van der Waals surface area contributed by atoms with Gasteiger partial charge in [0.25, 0.3) is 0 Å². The third-order valence-corrected chi connectivity index (χ3v) is 10.2. The fourth-order valence-corrected chi connectivity index (χ4v) is 6.98. The number of anilines is 2. The Kier molecular flexibility index (Phi) is 8.16. The number of alkyl halides is 2. The van der Waals surface area contributed by atoms with Crippen molar-refractivity contribution in [2.45, 2.75) is 44.4 Å². The molecule has 0 amide bonds. The lowest BCUT2D eigenvalue weighted by molar-refractivity contribution is -0.207. The summed E-state index contributed by atoms with van der Waals surface area (Å²) >= 11 is 0. The van der Waals surface area contributed by atoms with Gasteiger partial charge in [0.1, 0.15) is 17.8 Å². The smallest absolute Gasteiger partial charge is 0.350 e. The second-order valence-electron chi connectivity index (χ2n) is 13.2. The fraction of sp³-hybridized carbons (Fsp3) is 0.297.